The van der Waals surface area contributed by atoms with Crippen molar-refractivity contribution in [1.29, 1.82) is 0 Å². The van der Waals surface area contributed by atoms with Gasteiger partial charge in [-0.25, -0.2) is 8.42 Å². The minimum atomic E-state index is -2.95. The zero-order valence-electron chi connectivity index (χ0n) is 7.76. The summed E-state index contributed by atoms with van der Waals surface area (Å²) in [5.41, 5.74) is 0. The minimum absolute atomic E-state index is 0.0242. The lowest BCUT2D eigenvalue weighted by molar-refractivity contribution is 0.606. The third kappa shape index (κ3) is 3.00. The van der Waals surface area contributed by atoms with E-state index < -0.39 is 9.84 Å². The normalized spacial score (nSPS) is 23.1. The fraction of sp³-hybridized carbons (Fsp3) is 0.200. The van der Waals surface area contributed by atoms with Crippen LogP contribution in [0.5, 0.6) is 0 Å². The molecular formula is C10H9ClO2S2. The molecule has 5 heteroatoms. The van der Waals surface area contributed by atoms with Crippen molar-refractivity contribution in [2.75, 3.05) is 5.75 Å². The first kappa shape index (κ1) is 11.0. The molecule has 1 atom stereocenters. The summed E-state index contributed by atoms with van der Waals surface area (Å²) in [6.45, 7) is 0. The smallest absolute Gasteiger partial charge is 0.172 e. The molecule has 0 unspecified atom stereocenters. The number of thioether (sulfide) groups is 1. The van der Waals surface area contributed by atoms with Gasteiger partial charge in [0.05, 0.1) is 5.75 Å². The van der Waals surface area contributed by atoms with E-state index in [1.165, 1.54) is 17.2 Å². The van der Waals surface area contributed by atoms with E-state index in [1.54, 1.807) is 18.2 Å². The van der Waals surface area contributed by atoms with Gasteiger partial charge in [0.15, 0.2) is 9.84 Å². The van der Waals surface area contributed by atoms with Crippen LogP contribution in [-0.4, -0.2) is 19.4 Å². The number of sulfone groups is 1. The average Bonchev–Trinajstić information content (AvgIpc) is 2.50. The molecule has 0 spiro atoms. The van der Waals surface area contributed by atoms with Gasteiger partial charge in [0.1, 0.15) is 0 Å². The molecule has 15 heavy (non-hydrogen) atoms. The van der Waals surface area contributed by atoms with Gasteiger partial charge >= 0.3 is 0 Å². The fourth-order valence-electron chi connectivity index (χ4n) is 1.31. The summed E-state index contributed by atoms with van der Waals surface area (Å²) in [5, 5.41) is 2.01. The third-order valence-corrected chi connectivity index (χ3v) is 5.03. The SMILES string of the molecule is O=S1(=O)C=C[C@@H](Sc2ccc(Cl)cc2)C1. The van der Waals surface area contributed by atoms with Gasteiger partial charge in [-0.3, -0.25) is 0 Å². The highest BCUT2D eigenvalue weighted by Crippen LogP contribution is 2.29. The second kappa shape index (κ2) is 4.20. The molecule has 0 N–H and O–H groups in total. The first-order valence-corrected chi connectivity index (χ1v) is 7.36. The summed E-state index contributed by atoms with van der Waals surface area (Å²) < 4.78 is 22.3. The van der Waals surface area contributed by atoms with Crippen LogP contribution in [0.3, 0.4) is 0 Å². The Morgan fingerprint density at radius 3 is 2.47 bits per heavy atom. The first-order valence-electron chi connectivity index (χ1n) is 4.38. The number of hydrogen-bond acceptors (Lipinski definition) is 3. The maximum absolute atomic E-state index is 11.2. The molecule has 1 aliphatic rings. The summed E-state index contributed by atoms with van der Waals surface area (Å²) in [5.74, 6) is 0.195. The van der Waals surface area contributed by atoms with Crippen LogP contribution in [0.4, 0.5) is 0 Å². The van der Waals surface area contributed by atoms with Gasteiger partial charge in [-0.15, -0.1) is 11.8 Å². The van der Waals surface area contributed by atoms with Gasteiger partial charge < -0.3 is 0 Å². The van der Waals surface area contributed by atoms with E-state index in [9.17, 15) is 8.42 Å². The molecule has 0 amide bonds. The van der Waals surface area contributed by atoms with Crippen LogP contribution in [0.1, 0.15) is 0 Å². The van der Waals surface area contributed by atoms with Crippen LogP contribution in [0, 0.1) is 0 Å². The lowest BCUT2D eigenvalue weighted by Gasteiger charge is -2.05. The Balaban J connectivity index is 2.05. The van der Waals surface area contributed by atoms with Crippen molar-refractivity contribution in [3.63, 3.8) is 0 Å². The zero-order chi connectivity index (χ0) is 10.9. The van der Waals surface area contributed by atoms with Gasteiger partial charge in [0, 0.05) is 20.6 Å². The van der Waals surface area contributed by atoms with Crippen molar-refractivity contribution < 1.29 is 8.42 Å². The quantitative estimate of drug-likeness (QED) is 0.820. The van der Waals surface area contributed by atoms with Crippen molar-refractivity contribution in [3.8, 4) is 0 Å². The summed E-state index contributed by atoms with van der Waals surface area (Å²) in [6.07, 6.45) is 1.73. The summed E-state index contributed by atoms with van der Waals surface area (Å²) in [6, 6.07) is 7.39. The van der Waals surface area contributed by atoms with Gasteiger partial charge in [-0.05, 0) is 24.3 Å². The number of benzene rings is 1. The van der Waals surface area contributed by atoms with E-state index in [2.05, 4.69) is 0 Å². The Morgan fingerprint density at radius 2 is 1.93 bits per heavy atom. The van der Waals surface area contributed by atoms with Crippen LogP contribution in [0.15, 0.2) is 40.6 Å². The van der Waals surface area contributed by atoms with E-state index in [0.717, 1.165) is 4.90 Å². The van der Waals surface area contributed by atoms with Crippen LogP contribution in [0.2, 0.25) is 5.02 Å². The van der Waals surface area contributed by atoms with E-state index in [1.807, 2.05) is 12.1 Å². The summed E-state index contributed by atoms with van der Waals surface area (Å²) in [7, 11) is -2.95. The monoisotopic (exact) mass is 260 g/mol. The Bertz CT molecular complexity index is 477. The van der Waals surface area contributed by atoms with E-state index >= 15 is 0 Å². The predicted octanol–water partition coefficient (Wildman–Crippen LogP) is 2.74. The van der Waals surface area contributed by atoms with E-state index in [-0.39, 0.29) is 11.0 Å². The maximum Gasteiger partial charge on any atom is 0.172 e. The van der Waals surface area contributed by atoms with E-state index in [0.29, 0.717) is 5.02 Å². The Labute approximate surface area is 98.2 Å². The van der Waals surface area contributed by atoms with Crippen molar-refractivity contribution in [2.24, 2.45) is 0 Å². The molecule has 1 aromatic carbocycles. The topological polar surface area (TPSA) is 34.1 Å². The van der Waals surface area contributed by atoms with Crippen molar-refractivity contribution in [3.05, 3.63) is 40.8 Å². The lowest BCUT2D eigenvalue weighted by Crippen LogP contribution is -2.06. The highest BCUT2D eigenvalue weighted by Gasteiger charge is 2.22. The number of halogens is 1. The van der Waals surface area contributed by atoms with Gasteiger partial charge in [0.25, 0.3) is 0 Å². The zero-order valence-corrected chi connectivity index (χ0v) is 10.1. The summed E-state index contributed by atoms with van der Waals surface area (Å²) >= 11 is 7.29. The van der Waals surface area contributed by atoms with Gasteiger partial charge in [0.2, 0.25) is 0 Å². The highest BCUT2D eigenvalue weighted by molar-refractivity contribution is 8.02. The van der Waals surface area contributed by atoms with Gasteiger partial charge in [-0.2, -0.15) is 0 Å². The molecule has 1 aliphatic heterocycles. The highest BCUT2D eigenvalue weighted by atomic mass is 35.5. The number of rotatable bonds is 2. The van der Waals surface area contributed by atoms with Crippen molar-refractivity contribution in [2.45, 2.75) is 10.1 Å². The Kier molecular flexibility index (Phi) is 3.09. The van der Waals surface area contributed by atoms with E-state index in [4.69, 9.17) is 11.6 Å². The summed E-state index contributed by atoms with van der Waals surface area (Å²) in [4.78, 5) is 1.03. The largest absolute Gasteiger partial charge is 0.224 e. The second-order valence-corrected chi connectivity index (χ2v) is 6.95. The minimum Gasteiger partial charge on any atom is -0.224 e. The lowest BCUT2D eigenvalue weighted by atomic mass is 10.4. The third-order valence-electron chi connectivity index (χ3n) is 2.00. The molecule has 2 rings (SSSR count). The molecule has 0 fully saturated rings. The molecule has 0 aliphatic carbocycles. The second-order valence-electron chi connectivity index (χ2n) is 3.27. The van der Waals surface area contributed by atoms with Crippen LogP contribution in [-0.2, 0) is 9.84 Å². The Morgan fingerprint density at radius 1 is 1.27 bits per heavy atom. The molecule has 0 bridgehead atoms. The average molecular weight is 261 g/mol. The maximum atomic E-state index is 11.2. The van der Waals surface area contributed by atoms with Crippen LogP contribution < -0.4 is 0 Å². The molecule has 80 valence electrons. The molecule has 0 aromatic heterocycles. The molecule has 0 saturated carbocycles. The molecule has 0 radical (unpaired) electrons. The molecule has 1 aromatic rings. The molecule has 2 nitrogen and oxygen atoms in total. The molecular weight excluding hydrogens is 252 g/mol. The fourth-order valence-corrected chi connectivity index (χ4v) is 4.28. The van der Waals surface area contributed by atoms with Crippen LogP contribution in [0.25, 0.3) is 0 Å². The van der Waals surface area contributed by atoms with Crippen LogP contribution >= 0.6 is 23.4 Å². The molecule has 0 saturated heterocycles. The van der Waals surface area contributed by atoms with Crippen molar-refractivity contribution in [1.82, 2.24) is 0 Å². The predicted molar refractivity (Wildman–Crippen MR) is 64.0 cm³/mol. The van der Waals surface area contributed by atoms with Crippen molar-refractivity contribution >= 4 is 33.2 Å². The first-order chi connectivity index (χ1) is 7.05. The molecule has 1 heterocycles. The van der Waals surface area contributed by atoms with Gasteiger partial charge in [-0.1, -0.05) is 17.7 Å². The standard InChI is InChI=1S/C10H9ClO2S2/c11-8-1-3-9(4-2-8)14-10-5-6-15(12,13)7-10/h1-6,10H,7H2/t10-/m1/s1. The Hall–Kier alpha value is -0.450. The number of hydrogen-bond donors (Lipinski definition) is 0.